The Balaban J connectivity index is 1.70. The lowest BCUT2D eigenvalue weighted by Crippen LogP contribution is -2.10. The summed E-state index contributed by atoms with van der Waals surface area (Å²) in [6, 6.07) is 21.2. The van der Waals surface area contributed by atoms with Crippen molar-refractivity contribution in [3.8, 4) is 17.1 Å². The maximum Gasteiger partial charge on any atom is 0.339 e. The summed E-state index contributed by atoms with van der Waals surface area (Å²) in [4.78, 5) is 31.2. The highest BCUT2D eigenvalue weighted by atomic mass is 16.5. The lowest BCUT2D eigenvalue weighted by Gasteiger charge is -2.11. The summed E-state index contributed by atoms with van der Waals surface area (Å²) in [5.41, 5.74) is 1.70. The molecule has 0 aliphatic rings. The average Bonchev–Trinajstić information content (AvgIpc) is 2.73. The van der Waals surface area contributed by atoms with E-state index in [0.717, 1.165) is 5.56 Å². The van der Waals surface area contributed by atoms with Crippen LogP contribution in [-0.4, -0.2) is 21.0 Å². The first-order valence-corrected chi connectivity index (χ1v) is 8.65. The van der Waals surface area contributed by atoms with E-state index in [9.17, 15) is 14.7 Å². The first-order chi connectivity index (χ1) is 13.6. The van der Waals surface area contributed by atoms with Crippen molar-refractivity contribution in [1.29, 1.82) is 0 Å². The van der Waals surface area contributed by atoms with Crippen LogP contribution in [0.2, 0.25) is 0 Å². The zero-order valence-corrected chi connectivity index (χ0v) is 14.8. The fourth-order valence-corrected chi connectivity index (χ4v) is 2.93. The Bertz CT molecular complexity index is 1220. The highest BCUT2D eigenvalue weighted by Gasteiger charge is 2.15. The number of benzene rings is 3. The van der Waals surface area contributed by atoms with Crippen molar-refractivity contribution < 1.29 is 14.6 Å². The number of nitrogens with zero attached hydrogens (tertiary/aromatic N) is 1. The van der Waals surface area contributed by atoms with Gasteiger partial charge in [0.05, 0.1) is 10.9 Å². The molecule has 138 valence electrons. The number of hydrogen-bond acceptors (Lipinski definition) is 4. The van der Waals surface area contributed by atoms with E-state index in [4.69, 9.17) is 4.74 Å². The molecule has 6 nitrogen and oxygen atoms in total. The van der Waals surface area contributed by atoms with Gasteiger partial charge in [-0.3, -0.25) is 4.79 Å². The Morgan fingerprint density at radius 1 is 1.00 bits per heavy atom. The number of para-hydroxylation sites is 1. The zero-order chi connectivity index (χ0) is 19.5. The van der Waals surface area contributed by atoms with E-state index >= 15 is 0 Å². The fraction of sp³-hybridized carbons (Fsp3) is 0.0455. The van der Waals surface area contributed by atoms with Crippen LogP contribution in [0.3, 0.4) is 0 Å². The topological polar surface area (TPSA) is 92.3 Å². The zero-order valence-electron chi connectivity index (χ0n) is 14.8. The number of carbonyl (C=O) groups is 1. The van der Waals surface area contributed by atoms with E-state index in [2.05, 4.69) is 9.97 Å². The molecule has 3 aromatic carbocycles. The molecule has 4 rings (SSSR count). The predicted octanol–water partition coefficient (Wildman–Crippen LogP) is 3.87. The number of fused-ring (bicyclic) bond motifs is 1. The van der Waals surface area contributed by atoms with E-state index in [0.29, 0.717) is 22.3 Å². The monoisotopic (exact) mass is 372 g/mol. The van der Waals surface area contributed by atoms with Crippen LogP contribution in [0.4, 0.5) is 0 Å². The number of H-pyrrole nitrogens is 1. The number of ether oxygens (including phenoxy) is 1. The molecule has 0 unspecified atom stereocenters. The third-order valence-corrected chi connectivity index (χ3v) is 4.33. The Hall–Kier alpha value is -3.93. The summed E-state index contributed by atoms with van der Waals surface area (Å²) in [7, 11) is 0. The van der Waals surface area contributed by atoms with E-state index in [-0.39, 0.29) is 23.5 Å². The minimum absolute atomic E-state index is 0.00392. The smallest absolute Gasteiger partial charge is 0.339 e. The normalized spacial score (nSPS) is 10.7. The van der Waals surface area contributed by atoms with Crippen LogP contribution in [-0.2, 0) is 6.61 Å². The fourth-order valence-electron chi connectivity index (χ4n) is 2.93. The molecule has 0 radical (unpaired) electrons. The molecule has 28 heavy (non-hydrogen) atoms. The van der Waals surface area contributed by atoms with Crippen LogP contribution < -0.4 is 10.3 Å². The molecule has 0 amide bonds. The molecule has 0 atom stereocenters. The van der Waals surface area contributed by atoms with Gasteiger partial charge in [0, 0.05) is 5.56 Å². The van der Waals surface area contributed by atoms with Crippen LogP contribution >= 0.6 is 0 Å². The molecule has 0 aliphatic carbocycles. The first kappa shape index (κ1) is 17.5. The Labute approximate surface area is 160 Å². The lowest BCUT2D eigenvalue weighted by molar-refractivity contribution is 0.0692. The van der Waals surface area contributed by atoms with Crippen LogP contribution in [0.5, 0.6) is 5.75 Å². The number of carboxylic acid groups (broad SMARTS) is 1. The summed E-state index contributed by atoms with van der Waals surface area (Å²) < 4.78 is 5.70. The molecule has 6 heteroatoms. The molecular formula is C22H16N2O4. The number of aromatic carboxylic acids is 1. The van der Waals surface area contributed by atoms with E-state index in [1.54, 1.807) is 36.4 Å². The Morgan fingerprint density at radius 3 is 2.54 bits per heavy atom. The quantitative estimate of drug-likeness (QED) is 0.555. The van der Waals surface area contributed by atoms with Gasteiger partial charge in [-0.15, -0.1) is 0 Å². The summed E-state index contributed by atoms with van der Waals surface area (Å²) in [6.07, 6.45) is 0. The molecule has 2 N–H and O–H groups in total. The van der Waals surface area contributed by atoms with Crippen molar-refractivity contribution in [3.63, 3.8) is 0 Å². The van der Waals surface area contributed by atoms with E-state index < -0.39 is 5.97 Å². The third-order valence-electron chi connectivity index (χ3n) is 4.33. The standard InChI is InChI=1S/C22H16N2O4/c25-21-16-8-4-5-9-18(16)23-20(24-21)15-10-11-19(17(12-15)22(26)27)28-13-14-6-2-1-3-7-14/h1-12H,13H2,(H,26,27)(H,23,24,25). The number of aromatic amines is 1. The minimum Gasteiger partial charge on any atom is -0.488 e. The van der Waals surface area contributed by atoms with Crippen molar-refractivity contribution >= 4 is 16.9 Å². The summed E-state index contributed by atoms with van der Waals surface area (Å²) >= 11 is 0. The van der Waals surface area contributed by atoms with Crippen molar-refractivity contribution in [2.45, 2.75) is 6.61 Å². The highest BCUT2D eigenvalue weighted by Crippen LogP contribution is 2.26. The van der Waals surface area contributed by atoms with Gasteiger partial charge in [-0.25, -0.2) is 9.78 Å². The maximum atomic E-state index is 12.3. The second-order valence-corrected chi connectivity index (χ2v) is 6.22. The molecule has 0 fully saturated rings. The van der Waals surface area contributed by atoms with Crippen molar-refractivity contribution in [2.75, 3.05) is 0 Å². The largest absolute Gasteiger partial charge is 0.488 e. The van der Waals surface area contributed by atoms with Crippen LogP contribution in [0.25, 0.3) is 22.3 Å². The van der Waals surface area contributed by atoms with Gasteiger partial charge in [0.25, 0.3) is 5.56 Å². The lowest BCUT2D eigenvalue weighted by atomic mass is 10.1. The number of nitrogens with one attached hydrogen (secondary N) is 1. The van der Waals surface area contributed by atoms with Gasteiger partial charge in [-0.1, -0.05) is 42.5 Å². The minimum atomic E-state index is -1.12. The molecule has 0 spiro atoms. The molecule has 0 bridgehead atoms. The van der Waals surface area contributed by atoms with Gasteiger partial charge >= 0.3 is 5.97 Å². The molecule has 0 aliphatic heterocycles. The maximum absolute atomic E-state index is 12.3. The van der Waals surface area contributed by atoms with Gasteiger partial charge in [-0.05, 0) is 35.9 Å². The molecular weight excluding hydrogens is 356 g/mol. The predicted molar refractivity (Wildman–Crippen MR) is 106 cm³/mol. The molecule has 0 saturated carbocycles. The number of aromatic nitrogens is 2. The molecule has 0 saturated heterocycles. The van der Waals surface area contributed by atoms with Gasteiger partial charge in [0.15, 0.2) is 0 Å². The van der Waals surface area contributed by atoms with Gasteiger partial charge in [-0.2, -0.15) is 0 Å². The third kappa shape index (κ3) is 3.48. The molecule has 1 aromatic heterocycles. The number of carboxylic acids is 1. The Kier molecular flexibility index (Phi) is 4.60. The number of rotatable bonds is 5. The summed E-state index contributed by atoms with van der Waals surface area (Å²) in [6.45, 7) is 0.255. The molecule has 4 aromatic rings. The van der Waals surface area contributed by atoms with Crippen molar-refractivity contribution in [2.24, 2.45) is 0 Å². The number of hydrogen-bond donors (Lipinski definition) is 2. The molecule has 1 heterocycles. The van der Waals surface area contributed by atoms with Crippen LogP contribution in [0, 0.1) is 0 Å². The van der Waals surface area contributed by atoms with E-state index in [1.165, 1.54) is 6.07 Å². The van der Waals surface area contributed by atoms with Gasteiger partial charge < -0.3 is 14.8 Å². The summed E-state index contributed by atoms with van der Waals surface area (Å²) in [5, 5.41) is 10.1. The van der Waals surface area contributed by atoms with E-state index in [1.807, 2.05) is 30.3 Å². The average molecular weight is 372 g/mol. The summed E-state index contributed by atoms with van der Waals surface area (Å²) in [5.74, 6) is -0.558. The van der Waals surface area contributed by atoms with Crippen molar-refractivity contribution in [1.82, 2.24) is 9.97 Å². The SMILES string of the molecule is O=C(O)c1cc(-c2nc3ccccc3c(=O)[nH]2)ccc1OCc1ccccc1. The Morgan fingerprint density at radius 2 is 1.75 bits per heavy atom. The second-order valence-electron chi connectivity index (χ2n) is 6.22. The second kappa shape index (κ2) is 7.36. The van der Waals surface area contributed by atoms with Gasteiger partial charge in [0.2, 0.25) is 0 Å². The van der Waals surface area contributed by atoms with Gasteiger partial charge in [0.1, 0.15) is 23.7 Å². The van der Waals surface area contributed by atoms with Crippen LogP contribution in [0.1, 0.15) is 15.9 Å². The highest BCUT2D eigenvalue weighted by molar-refractivity contribution is 5.92. The first-order valence-electron chi connectivity index (χ1n) is 8.65. The van der Waals surface area contributed by atoms with Crippen molar-refractivity contribution in [3.05, 3.63) is 94.3 Å². The van der Waals surface area contributed by atoms with Crippen LogP contribution in [0.15, 0.2) is 77.6 Å².